The molecule has 0 bridgehead atoms. The summed E-state index contributed by atoms with van der Waals surface area (Å²) in [5.74, 6) is 0. The maximum Gasteiger partial charge on any atom is 0.0401 e. The predicted octanol–water partition coefficient (Wildman–Crippen LogP) is 2.68. The number of aliphatic imine (C=N–C) groups is 2. The molecular formula is C10H20N2S. The Bertz CT molecular complexity index is 187. The monoisotopic (exact) mass is 200 g/mol. The topological polar surface area (TPSA) is 24.7 Å². The fourth-order valence-electron chi connectivity index (χ4n) is 0.867. The van der Waals surface area contributed by atoms with Gasteiger partial charge in [0.25, 0.3) is 0 Å². The van der Waals surface area contributed by atoms with E-state index < -0.39 is 0 Å². The van der Waals surface area contributed by atoms with Gasteiger partial charge < -0.3 is 0 Å². The van der Waals surface area contributed by atoms with Gasteiger partial charge in [-0.3, -0.25) is 9.98 Å². The maximum atomic E-state index is 4.18. The van der Waals surface area contributed by atoms with E-state index in [1.54, 1.807) is 0 Å². The van der Waals surface area contributed by atoms with Gasteiger partial charge in [-0.2, -0.15) is 0 Å². The van der Waals surface area contributed by atoms with Crippen molar-refractivity contribution in [3.8, 4) is 0 Å². The fourth-order valence-corrected chi connectivity index (χ4v) is 2.08. The second-order valence-corrected chi connectivity index (χ2v) is 4.84. The SMILES string of the molecule is CN=C(C)C(C)SC(C)C(C)=NC. The van der Waals surface area contributed by atoms with Crippen LogP contribution in [0, 0.1) is 0 Å². The normalized spacial score (nSPS) is 18.6. The number of hydrogen-bond donors (Lipinski definition) is 0. The van der Waals surface area contributed by atoms with Crippen molar-refractivity contribution >= 4 is 23.2 Å². The van der Waals surface area contributed by atoms with Crippen LogP contribution in [-0.2, 0) is 0 Å². The fraction of sp³-hybridized carbons (Fsp3) is 0.800. The van der Waals surface area contributed by atoms with Crippen molar-refractivity contribution in [2.45, 2.75) is 38.2 Å². The molecule has 0 radical (unpaired) electrons. The lowest BCUT2D eigenvalue weighted by Gasteiger charge is -2.16. The van der Waals surface area contributed by atoms with Crippen molar-refractivity contribution in [3.63, 3.8) is 0 Å². The number of thioether (sulfide) groups is 1. The van der Waals surface area contributed by atoms with Gasteiger partial charge in [0, 0.05) is 36.0 Å². The van der Waals surface area contributed by atoms with E-state index in [4.69, 9.17) is 0 Å². The van der Waals surface area contributed by atoms with E-state index in [9.17, 15) is 0 Å². The van der Waals surface area contributed by atoms with Gasteiger partial charge in [0.15, 0.2) is 0 Å². The second-order valence-electron chi connectivity index (χ2n) is 3.15. The van der Waals surface area contributed by atoms with Crippen LogP contribution in [-0.4, -0.2) is 36.0 Å². The highest BCUT2D eigenvalue weighted by Gasteiger charge is 2.12. The minimum atomic E-state index is 0.483. The first-order valence-corrected chi connectivity index (χ1v) is 5.49. The molecular weight excluding hydrogens is 180 g/mol. The van der Waals surface area contributed by atoms with Gasteiger partial charge in [0.05, 0.1) is 0 Å². The highest BCUT2D eigenvalue weighted by molar-refractivity contribution is 8.01. The lowest BCUT2D eigenvalue weighted by atomic mass is 10.3. The molecule has 3 heteroatoms. The van der Waals surface area contributed by atoms with Crippen LogP contribution >= 0.6 is 11.8 Å². The van der Waals surface area contributed by atoms with Crippen LogP contribution in [0.5, 0.6) is 0 Å². The van der Waals surface area contributed by atoms with Crippen LogP contribution in [0.2, 0.25) is 0 Å². The zero-order valence-electron chi connectivity index (χ0n) is 9.46. The summed E-state index contributed by atoms with van der Waals surface area (Å²) in [6.45, 7) is 8.52. The molecule has 0 aromatic carbocycles. The highest BCUT2D eigenvalue weighted by atomic mass is 32.2. The molecule has 0 amide bonds. The van der Waals surface area contributed by atoms with Gasteiger partial charge in [0.2, 0.25) is 0 Å². The zero-order chi connectivity index (χ0) is 10.4. The highest BCUT2D eigenvalue weighted by Crippen LogP contribution is 2.19. The van der Waals surface area contributed by atoms with E-state index in [-0.39, 0.29) is 0 Å². The van der Waals surface area contributed by atoms with Gasteiger partial charge in [0.1, 0.15) is 0 Å². The molecule has 0 aromatic rings. The molecule has 2 atom stereocenters. The van der Waals surface area contributed by atoms with Gasteiger partial charge in [-0.15, -0.1) is 11.8 Å². The average Bonchev–Trinajstić information content (AvgIpc) is 2.14. The molecule has 0 rings (SSSR count). The van der Waals surface area contributed by atoms with E-state index in [1.165, 1.54) is 11.4 Å². The van der Waals surface area contributed by atoms with Crippen LogP contribution in [0.1, 0.15) is 27.7 Å². The summed E-state index contributed by atoms with van der Waals surface area (Å²) in [5.41, 5.74) is 2.39. The molecule has 76 valence electrons. The van der Waals surface area contributed by atoms with Crippen LogP contribution in [0.15, 0.2) is 9.98 Å². The summed E-state index contributed by atoms with van der Waals surface area (Å²) in [5, 5.41) is 0.966. The van der Waals surface area contributed by atoms with Crippen molar-refractivity contribution < 1.29 is 0 Å². The van der Waals surface area contributed by atoms with Gasteiger partial charge >= 0.3 is 0 Å². The summed E-state index contributed by atoms with van der Waals surface area (Å²) in [4.78, 5) is 8.37. The van der Waals surface area contributed by atoms with Crippen molar-refractivity contribution in [1.82, 2.24) is 0 Å². The van der Waals surface area contributed by atoms with Crippen molar-refractivity contribution in [3.05, 3.63) is 0 Å². The molecule has 0 aliphatic heterocycles. The number of hydrogen-bond acceptors (Lipinski definition) is 3. The molecule has 0 aliphatic rings. The minimum Gasteiger partial charge on any atom is -0.297 e. The number of nitrogens with zero attached hydrogens (tertiary/aromatic N) is 2. The molecule has 0 aliphatic carbocycles. The summed E-state index contributed by atoms with van der Waals surface area (Å²) < 4.78 is 0. The molecule has 0 aromatic heterocycles. The Balaban J connectivity index is 4.14. The Hall–Kier alpha value is -0.310. The van der Waals surface area contributed by atoms with Gasteiger partial charge in [-0.25, -0.2) is 0 Å². The molecule has 0 N–H and O–H groups in total. The van der Waals surface area contributed by atoms with E-state index in [0.717, 1.165) is 0 Å². The largest absolute Gasteiger partial charge is 0.297 e. The summed E-state index contributed by atoms with van der Waals surface area (Å²) >= 11 is 1.90. The Kier molecular flexibility index (Phi) is 6.04. The third-order valence-corrected chi connectivity index (χ3v) is 3.79. The smallest absolute Gasteiger partial charge is 0.0401 e. The molecule has 13 heavy (non-hydrogen) atoms. The predicted molar refractivity (Wildman–Crippen MR) is 64.6 cm³/mol. The Morgan fingerprint density at radius 2 is 1.23 bits per heavy atom. The Labute approximate surface area is 85.9 Å². The van der Waals surface area contributed by atoms with Crippen molar-refractivity contribution in [2.24, 2.45) is 9.98 Å². The molecule has 0 spiro atoms. The minimum absolute atomic E-state index is 0.483. The molecule has 0 saturated carbocycles. The third kappa shape index (κ3) is 4.46. The van der Waals surface area contributed by atoms with E-state index in [1.807, 2.05) is 25.9 Å². The van der Waals surface area contributed by atoms with Crippen LogP contribution in [0.3, 0.4) is 0 Å². The van der Waals surface area contributed by atoms with Gasteiger partial charge in [-0.1, -0.05) is 0 Å². The molecule has 0 fully saturated rings. The molecule has 0 heterocycles. The first-order valence-electron chi connectivity index (χ1n) is 4.55. The lowest BCUT2D eigenvalue weighted by molar-refractivity contribution is 1.20. The van der Waals surface area contributed by atoms with E-state index >= 15 is 0 Å². The maximum absolute atomic E-state index is 4.18. The van der Waals surface area contributed by atoms with E-state index in [2.05, 4.69) is 37.7 Å². The molecule has 2 unspecified atom stereocenters. The summed E-state index contributed by atoms with van der Waals surface area (Å²) in [6.07, 6.45) is 0. The standard InChI is InChI=1S/C10H20N2S/c1-7(11-5)9(3)13-10(4)8(2)12-6/h9-10H,1-6H3. The van der Waals surface area contributed by atoms with Crippen molar-refractivity contribution in [2.75, 3.05) is 14.1 Å². The first kappa shape index (κ1) is 12.7. The average molecular weight is 200 g/mol. The van der Waals surface area contributed by atoms with Gasteiger partial charge in [-0.05, 0) is 27.7 Å². The first-order chi connectivity index (χ1) is 6.02. The van der Waals surface area contributed by atoms with Crippen LogP contribution in [0.4, 0.5) is 0 Å². The quantitative estimate of drug-likeness (QED) is 0.640. The zero-order valence-corrected chi connectivity index (χ0v) is 10.3. The van der Waals surface area contributed by atoms with Crippen LogP contribution in [0.25, 0.3) is 0 Å². The van der Waals surface area contributed by atoms with E-state index in [0.29, 0.717) is 10.5 Å². The van der Waals surface area contributed by atoms with Crippen LogP contribution < -0.4 is 0 Å². The summed E-state index contributed by atoms with van der Waals surface area (Å²) in [7, 11) is 3.69. The summed E-state index contributed by atoms with van der Waals surface area (Å²) in [6, 6.07) is 0. The second kappa shape index (κ2) is 6.19. The van der Waals surface area contributed by atoms with Crippen molar-refractivity contribution in [1.29, 1.82) is 0 Å². The Morgan fingerprint density at radius 1 is 0.923 bits per heavy atom. The number of rotatable bonds is 4. The lowest BCUT2D eigenvalue weighted by Crippen LogP contribution is -2.18. The molecule has 2 nitrogen and oxygen atoms in total. The molecule has 0 saturated heterocycles. The third-order valence-electron chi connectivity index (χ3n) is 2.29. The Morgan fingerprint density at radius 3 is 1.46 bits per heavy atom.